The van der Waals surface area contributed by atoms with Crippen LogP contribution in [0.15, 0.2) is 60.8 Å². The third-order valence-corrected chi connectivity index (χ3v) is 4.03. The molecule has 26 heavy (non-hydrogen) atoms. The predicted octanol–water partition coefficient (Wildman–Crippen LogP) is 4.11. The van der Waals surface area contributed by atoms with Crippen molar-refractivity contribution < 1.29 is 9.85 Å². The molecular formula is C18H14N4O4. The minimum absolute atomic E-state index is 0.295. The number of aromatic nitrogens is 2. The van der Waals surface area contributed by atoms with Gasteiger partial charge in [0.2, 0.25) is 0 Å². The summed E-state index contributed by atoms with van der Waals surface area (Å²) in [4.78, 5) is 29.8. The number of nitro groups is 2. The van der Waals surface area contributed by atoms with E-state index in [2.05, 4.69) is 9.97 Å². The summed E-state index contributed by atoms with van der Waals surface area (Å²) < 4.78 is 0. The third kappa shape index (κ3) is 3.39. The fraction of sp³-hybridized carbons (Fsp3) is 0.111. The van der Waals surface area contributed by atoms with Crippen LogP contribution in [0.2, 0.25) is 0 Å². The van der Waals surface area contributed by atoms with Crippen LogP contribution >= 0.6 is 0 Å². The van der Waals surface area contributed by atoms with Crippen molar-refractivity contribution in [1.82, 2.24) is 9.97 Å². The van der Waals surface area contributed by atoms with Crippen molar-refractivity contribution in [2.45, 2.75) is 12.8 Å². The minimum atomic E-state index is -0.651. The Balaban J connectivity index is 2.03. The molecule has 0 radical (unpaired) electrons. The van der Waals surface area contributed by atoms with Crippen molar-refractivity contribution in [3.05, 3.63) is 92.3 Å². The van der Waals surface area contributed by atoms with Gasteiger partial charge in [-0.3, -0.25) is 30.2 Å². The summed E-state index contributed by atoms with van der Waals surface area (Å²) in [6.07, 6.45) is 1.66. The highest BCUT2D eigenvalue weighted by atomic mass is 16.6. The summed E-state index contributed by atoms with van der Waals surface area (Å²) in [7, 11) is 0. The Morgan fingerprint density at radius 3 is 2.35 bits per heavy atom. The average Bonchev–Trinajstić information content (AvgIpc) is 2.67. The minimum Gasteiger partial charge on any atom is -0.258 e. The Labute approximate surface area is 148 Å². The molecule has 0 bridgehead atoms. The molecule has 0 aliphatic heterocycles. The molecule has 2 aromatic heterocycles. The van der Waals surface area contributed by atoms with Crippen LogP contribution in [0.1, 0.15) is 24.1 Å². The number of hydrogen-bond acceptors (Lipinski definition) is 6. The molecule has 0 spiro atoms. The molecule has 1 unspecified atom stereocenters. The summed E-state index contributed by atoms with van der Waals surface area (Å²) in [6, 6.07) is 14.5. The van der Waals surface area contributed by atoms with E-state index in [4.69, 9.17) is 0 Å². The smallest absolute Gasteiger partial charge is 0.258 e. The normalized spacial score (nSPS) is 11.7. The molecule has 1 aromatic carbocycles. The number of nitro benzene ring substituents is 2. The SMILES string of the molecule is CC(c1cccc(-c2ccccn2)n1)c1ccc([N+](=O)[O-])cc1[N+](=O)[O-]. The summed E-state index contributed by atoms with van der Waals surface area (Å²) in [5.41, 5.74) is 1.72. The molecule has 130 valence electrons. The van der Waals surface area contributed by atoms with E-state index >= 15 is 0 Å². The van der Waals surface area contributed by atoms with Gasteiger partial charge in [0.15, 0.2) is 0 Å². The maximum absolute atomic E-state index is 11.4. The van der Waals surface area contributed by atoms with Crippen LogP contribution in [0.5, 0.6) is 0 Å². The van der Waals surface area contributed by atoms with E-state index in [0.29, 0.717) is 22.6 Å². The fourth-order valence-corrected chi connectivity index (χ4v) is 2.68. The van der Waals surface area contributed by atoms with E-state index in [9.17, 15) is 20.2 Å². The van der Waals surface area contributed by atoms with Crippen LogP contribution in [0, 0.1) is 20.2 Å². The van der Waals surface area contributed by atoms with Gasteiger partial charge in [-0.25, -0.2) is 0 Å². The number of hydrogen-bond donors (Lipinski definition) is 0. The lowest BCUT2D eigenvalue weighted by atomic mass is 9.95. The first-order chi connectivity index (χ1) is 12.5. The Morgan fingerprint density at radius 1 is 0.923 bits per heavy atom. The quantitative estimate of drug-likeness (QED) is 0.505. The molecule has 0 aliphatic rings. The summed E-state index contributed by atoms with van der Waals surface area (Å²) in [6.45, 7) is 1.78. The second-order valence-corrected chi connectivity index (χ2v) is 5.64. The highest BCUT2D eigenvalue weighted by Crippen LogP contribution is 2.33. The van der Waals surface area contributed by atoms with Crippen LogP contribution < -0.4 is 0 Å². The first-order valence-corrected chi connectivity index (χ1v) is 7.78. The number of rotatable bonds is 5. The zero-order valence-corrected chi connectivity index (χ0v) is 13.8. The van der Waals surface area contributed by atoms with Crippen LogP contribution in [-0.4, -0.2) is 19.8 Å². The average molecular weight is 350 g/mol. The molecule has 0 saturated heterocycles. The second-order valence-electron chi connectivity index (χ2n) is 5.64. The summed E-state index contributed by atoms with van der Waals surface area (Å²) >= 11 is 0. The van der Waals surface area contributed by atoms with E-state index in [1.54, 1.807) is 31.3 Å². The van der Waals surface area contributed by atoms with Gasteiger partial charge in [-0.1, -0.05) is 19.1 Å². The van der Waals surface area contributed by atoms with Gasteiger partial charge in [0.25, 0.3) is 11.4 Å². The number of pyridine rings is 2. The zero-order chi connectivity index (χ0) is 18.7. The van der Waals surface area contributed by atoms with Crippen molar-refractivity contribution >= 4 is 11.4 Å². The maximum atomic E-state index is 11.4. The van der Waals surface area contributed by atoms with Crippen LogP contribution in [0.3, 0.4) is 0 Å². The van der Waals surface area contributed by atoms with Gasteiger partial charge in [-0.15, -0.1) is 0 Å². The second kappa shape index (κ2) is 7.06. The fourth-order valence-electron chi connectivity index (χ4n) is 2.68. The van der Waals surface area contributed by atoms with E-state index < -0.39 is 15.8 Å². The van der Waals surface area contributed by atoms with E-state index in [1.165, 1.54) is 12.1 Å². The largest absolute Gasteiger partial charge is 0.280 e. The van der Waals surface area contributed by atoms with Crippen molar-refractivity contribution in [2.75, 3.05) is 0 Å². The highest BCUT2D eigenvalue weighted by molar-refractivity contribution is 5.56. The van der Waals surface area contributed by atoms with E-state index in [-0.39, 0.29) is 11.4 Å². The van der Waals surface area contributed by atoms with Gasteiger partial charge in [-0.2, -0.15) is 0 Å². The molecule has 1 atom stereocenters. The van der Waals surface area contributed by atoms with E-state index in [0.717, 1.165) is 6.07 Å². The number of benzene rings is 1. The highest BCUT2D eigenvalue weighted by Gasteiger charge is 2.24. The van der Waals surface area contributed by atoms with Crippen molar-refractivity contribution in [3.8, 4) is 11.4 Å². The molecule has 3 rings (SSSR count). The zero-order valence-electron chi connectivity index (χ0n) is 13.8. The Bertz CT molecular complexity index is 976. The standard InChI is InChI=1S/C18H14N4O4/c1-12(14-9-8-13(21(23)24)11-18(14)22(25)26)15-6-4-7-17(20-15)16-5-2-3-10-19-16/h2-12H,1H3. The summed E-state index contributed by atoms with van der Waals surface area (Å²) in [5.74, 6) is -0.417. The molecule has 3 aromatic rings. The molecule has 0 N–H and O–H groups in total. The molecule has 0 aliphatic carbocycles. The molecule has 8 heteroatoms. The topological polar surface area (TPSA) is 112 Å². The van der Waals surface area contributed by atoms with Crippen LogP contribution in [-0.2, 0) is 0 Å². The lowest BCUT2D eigenvalue weighted by molar-refractivity contribution is -0.394. The monoisotopic (exact) mass is 350 g/mol. The first-order valence-electron chi connectivity index (χ1n) is 7.78. The lowest BCUT2D eigenvalue weighted by Crippen LogP contribution is -2.05. The molecular weight excluding hydrogens is 336 g/mol. The van der Waals surface area contributed by atoms with Crippen molar-refractivity contribution in [2.24, 2.45) is 0 Å². The lowest BCUT2D eigenvalue weighted by Gasteiger charge is -2.13. The first kappa shape index (κ1) is 17.2. The van der Waals surface area contributed by atoms with Gasteiger partial charge in [0.1, 0.15) is 0 Å². The van der Waals surface area contributed by atoms with Crippen LogP contribution in [0.4, 0.5) is 11.4 Å². The molecule has 0 amide bonds. The van der Waals surface area contributed by atoms with E-state index in [1.807, 2.05) is 18.2 Å². The Kier molecular flexibility index (Phi) is 4.66. The Hall–Kier alpha value is -3.68. The molecule has 2 heterocycles. The third-order valence-electron chi connectivity index (χ3n) is 4.03. The van der Waals surface area contributed by atoms with Gasteiger partial charge in [0, 0.05) is 29.4 Å². The van der Waals surface area contributed by atoms with Crippen molar-refractivity contribution in [1.29, 1.82) is 0 Å². The summed E-state index contributed by atoms with van der Waals surface area (Å²) in [5, 5.41) is 22.3. The van der Waals surface area contributed by atoms with Gasteiger partial charge >= 0.3 is 0 Å². The van der Waals surface area contributed by atoms with Gasteiger partial charge < -0.3 is 0 Å². The maximum Gasteiger partial charge on any atom is 0.280 e. The number of non-ortho nitro benzene ring substituents is 1. The molecule has 8 nitrogen and oxygen atoms in total. The van der Waals surface area contributed by atoms with Crippen LogP contribution in [0.25, 0.3) is 11.4 Å². The molecule has 0 saturated carbocycles. The Morgan fingerprint density at radius 2 is 1.69 bits per heavy atom. The van der Waals surface area contributed by atoms with Gasteiger partial charge in [-0.05, 0) is 30.3 Å². The predicted molar refractivity (Wildman–Crippen MR) is 94.7 cm³/mol. The number of nitrogens with zero attached hydrogens (tertiary/aromatic N) is 4. The molecule has 0 fully saturated rings. The van der Waals surface area contributed by atoms with Gasteiger partial charge in [0.05, 0.1) is 27.3 Å². The van der Waals surface area contributed by atoms with Crippen molar-refractivity contribution in [3.63, 3.8) is 0 Å².